The largest absolute Gasteiger partial charge is 0.351 e. The standard InChI is InChI=1S/C21H29N5O3/c1-24-18-17(19(28)25(2)20(24)29)26(12-22-18)5-3-4-16(27)23-21-9-13-6-14(10-21)8-15(7-13)11-21/h12-15H,3-11H2,1-2H3,(H,23,27). The fourth-order valence-corrected chi connectivity index (χ4v) is 6.60. The second-order valence-corrected chi connectivity index (χ2v) is 9.67. The number of carbonyl (C=O) groups is 1. The van der Waals surface area contributed by atoms with E-state index in [1.54, 1.807) is 17.9 Å². The predicted octanol–water partition coefficient (Wildman–Crippen LogP) is 1.30. The van der Waals surface area contributed by atoms with Gasteiger partial charge in [0.05, 0.1) is 6.33 Å². The smallest absolute Gasteiger partial charge is 0.332 e. The molecule has 6 rings (SSSR count). The van der Waals surface area contributed by atoms with E-state index in [2.05, 4.69) is 10.3 Å². The molecule has 0 unspecified atom stereocenters. The minimum atomic E-state index is -0.386. The predicted molar refractivity (Wildman–Crippen MR) is 108 cm³/mol. The molecule has 2 heterocycles. The Morgan fingerprint density at radius 3 is 2.34 bits per heavy atom. The molecule has 0 radical (unpaired) electrons. The van der Waals surface area contributed by atoms with E-state index in [-0.39, 0.29) is 22.7 Å². The van der Waals surface area contributed by atoms with Crippen LogP contribution in [0.5, 0.6) is 0 Å². The Morgan fingerprint density at radius 2 is 1.72 bits per heavy atom. The van der Waals surface area contributed by atoms with Crippen LogP contribution in [-0.2, 0) is 25.4 Å². The van der Waals surface area contributed by atoms with Gasteiger partial charge in [-0.1, -0.05) is 0 Å². The van der Waals surface area contributed by atoms with E-state index in [4.69, 9.17) is 0 Å². The summed E-state index contributed by atoms with van der Waals surface area (Å²) >= 11 is 0. The number of amides is 1. The summed E-state index contributed by atoms with van der Waals surface area (Å²) in [4.78, 5) is 41.5. The highest BCUT2D eigenvalue weighted by atomic mass is 16.2. The van der Waals surface area contributed by atoms with Gasteiger partial charge in [-0.3, -0.25) is 18.7 Å². The molecule has 4 aliphatic carbocycles. The van der Waals surface area contributed by atoms with Crippen molar-refractivity contribution in [3.05, 3.63) is 27.2 Å². The van der Waals surface area contributed by atoms with Gasteiger partial charge in [0.15, 0.2) is 11.2 Å². The molecule has 0 saturated heterocycles. The zero-order valence-electron chi connectivity index (χ0n) is 17.2. The van der Waals surface area contributed by atoms with E-state index in [1.165, 1.54) is 30.9 Å². The van der Waals surface area contributed by atoms with Crippen molar-refractivity contribution >= 4 is 17.1 Å². The van der Waals surface area contributed by atoms with E-state index in [0.717, 1.165) is 41.6 Å². The molecule has 0 aromatic carbocycles. The van der Waals surface area contributed by atoms with Crippen LogP contribution in [0.4, 0.5) is 0 Å². The van der Waals surface area contributed by atoms with Crippen molar-refractivity contribution in [2.24, 2.45) is 31.8 Å². The lowest BCUT2D eigenvalue weighted by molar-refractivity contribution is -0.127. The Morgan fingerprint density at radius 1 is 1.10 bits per heavy atom. The second-order valence-electron chi connectivity index (χ2n) is 9.67. The van der Waals surface area contributed by atoms with Crippen LogP contribution in [0.1, 0.15) is 51.4 Å². The third-order valence-electron chi connectivity index (χ3n) is 7.46. The molecule has 0 spiro atoms. The fourth-order valence-electron chi connectivity index (χ4n) is 6.60. The van der Waals surface area contributed by atoms with Gasteiger partial charge < -0.3 is 9.88 Å². The summed E-state index contributed by atoms with van der Waals surface area (Å²) in [7, 11) is 3.08. The highest BCUT2D eigenvalue weighted by molar-refractivity contribution is 5.77. The molecule has 4 fully saturated rings. The topological polar surface area (TPSA) is 90.9 Å². The van der Waals surface area contributed by atoms with Gasteiger partial charge >= 0.3 is 5.69 Å². The summed E-state index contributed by atoms with van der Waals surface area (Å²) in [6.07, 6.45) is 10.2. The molecule has 8 nitrogen and oxygen atoms in total. The minimum absolute atomic E-state index is 0.0434. The number of rotatable bonds is 5. The third kappa shape index (κ3) is 3.04. The molecular weight excluding hydrogens is 370 g/mol. The first-order valence-electron chi connectivity index (χ1n) is 10.8. The number of fused-ring (bicyclic) bond motifs is 1. The molecule has 29 heavy (non-hydrogen) atoms. The number of nitrogens with one attached hydrogen (secondary N) is 1. The Labute approximate surface area is 168 Å². The van der Waals surface area contributed by atoms with Crippen LogP contribution < -0.4 is 16.6 Å². The fraction of sp³-hybridized carbons (Fsp3) is 0.714. The Kier molecular flexibility index (Phi) is 4.22. The number of nitrogens with zero attached hydrogens (tertiary/aromatic N) is 4. The van der Waals surface area contributed by atoms with Crippen LogP contribution in [0.15, 0.2) is 15.9 Å². The molecule has 4 aliphatic rings. The number of aromatic nitrogens is 4. The van der Waals surface area contributed by atoms with E-state index in [9.17, 15) is 14.4 Å². The van der Waals surface area contributed by atoms with Crippen LogP contribution in [0, 0.1) is 17.8 Å². The van der Waals surface area contributed by atoms with Crippen LogP contribution in [-0.4, -0.2) is 30.1 Å². The SMILES string of the molecule is Cn1c(=O)c2c(ncn2CCCC(=O)NC23CC4CC(CC(C4)C2)C3)n(C)c1=O. The van der Waals surface area contributed by atoms with Gasteiger partial charge in [-0.05, 0) is 62.7 Å². The highest BCUT2D eigenvalue weighted by Crippen LogP contribution is 2.55. The average Bonchev–Trinajstić information content (AvgIpc) is 3.07. The number of hydrogen-bond donors (Lipinski definition) is 1. The van der Waals surface area contributed by atoms with Gasteiger partial charge in [0.25, 0.3) is 5.56 Å². The maximum absolute atomic E-state index is 12.7. The van der Waals surface area contributed by atoms with Gasteiger partial charge in [-0.2, -0.15) is 0 Å². The lowest BCUT2D eigenvalue weighted by Crippen LogP contribution is -2.59. The molecule has 156 valence electrons. The average molecular weight is 399 g/mol. The Bertz CT molecular complexity index is 1060. The first-order chi connectivity index (χ1) is 13.8. The summed E-state index contributed by atoms with van der Waals surface area (Å²) in [5.74, 6) is 2.54. The highest BCUT2D eigenvalue weighted by Gasteiger charge is 2.51. The summed E-state index contributed by atoms with van der Waals surface area (Å²) in [6.45, 7) is 0.526. The molecule has 2 aromatic heterocycles. The Balaban J connectivity index is 1.25. The van der Waals surface area contributed by atoms with E-state index in [1.807, 2.05) is 0 Å². The summed E-state index contributed by atoms with van der Waals surface area (Å²) in [6, 6.07) is 0. The molecule has 4 saturated carbocycles. The van der Waals surface area contributed by atoms with Crippen LogP contribution >= 0.6 is 0 Å². The van der Waals surface area contributed by atoms with Crippen LogP contribution in [0.2, 0.25) is 0 Å². The van der Waals surface area contributed by atoms with Crippen molar-refractivity contribution in [1.82, 2.24) is 24.0 Å². The molecular formula is C21H29N5O3. The summed E-state index contributed by atoms with van der Waals surface area (Å²) in [5, 5.41) is 3.40. The number of carbonyl (C=O) groups excluding carboxylic acids is 1. The lowest BCUT2D eigenvalue weighted by Gasteiger charge is -2.56. The van der Waals surface area contributed by atoms with Crippen molar-refractivity contribution < 1.29 is 4.79 Å². The molecule has 0 aliphatic heterocycles. The maximum atomic E-state index is 12.7. The van der Waals surface area contributed by atoms with Crippen molar-refractivity contribution in [3.8, 4) is 0 Å². The van der Waals surface area contributed by atoms with E-state index in [0.29, 0.717) is 30.6 Å². The zero-order chi connectivity index (χ0) is 20.3. The normalized spacial score (nSPS) is 30.2. The summed E-state index contributed by atoms with van der Waals surface area (Å²) in [5.41, 5.74) is 0.107. The molecule has 0 atom stereocenters. The summed E-state index contributed by atoms with van der Waals surface area (Å²) < 4.78 is 4.24. The molecule has 1 N–H and O–H groups in total. The number of aryl methyl sites for hydroxylation is 2. The lowest BCUT2D eigenvalue weighted by atomic mass is 9.53. The van der Waals surface area contributed by atoms with Gasteiger partial charge in [-0.25, -0.2) is 9.78 Å². The van der Waals surface area contributed by atoms with Gasteiger partial charge in [0.2, 0.25) is 5.91 Å². The number of imidazole rings is 1. The zero-order valence-corrected chi connectivity index (χ0v) is 17.2. The van der Waals surface area contributed by atoms with Gasteiger partial charge in [0.1, 0.15) is 0 Å². The molecule has 8 heteroatoms. The molecule has 2 aromatic rings. The number of hydrogen-bond acceptors (Lipinski definition) is 4. The van der Waals surface area contributed by atoms with E-state index >= 15 is 0 Å². The van der Waals surface area contributed by atoms with Gasteiger partial charge in [-0.15, -0.1) is 0 Å². The van der Waals surface area contributed by atoms with Crippen LogP contribution in [0.25, 0.3) is 11.2 Å². The van der Waals surface area contributed by atoms with Crippen molar-refractivity contribution in [2.75, 3.05) is 0 Å². The maximum Gasteiger partial charge on any atom is 0.332 e. The van der Waals surface area contributed by atoms with Crippen molar-refractivity contribution in [3.63, 3.8) is 0 Å². The molecule has 1 amide bonds. The first kappa shape index (κ1) is 18.6. The molecule has 4 bridgehead atoms. The van der Waals surface area contributed by atoms with Crippen molar-refractivity contribution in [2.45, 2.75) is 63.5 Å². The van der Waals surface area contributed by atoms with E-state index < -0.39 is 0 Å². The third-order valence-corrected chi connectivity index (χ3v) is 7.46. The van der Waals surface area contributed by atoms with Gasteiger partial charge in [0, 0.05) is 32.6 Å². The van der Waals surface area contributed by atoms with Crippen LogP contribution in [0.3, 0.4) is 0 Å². The van der Waals surface area contributed by atoms with Crippen molar-refractivity contribution in [1.29, 1.82) is 0 Å². The monoisotopic (exact) mass is 399 g/mol. The minimum Gasteiger partial charge on any atom is -0.351 e. The Hall–Kier alpha value is -2.38. The second kappa shape index (κ2) is 6.57. The first-order valence-corrected chi connectivity index (χ1v) is 10.8. The quantitative estimate of drug-likeness (QED) is 0.820.